The highest BCUT2D eigenvalue weighted by atomic mass is 31.2. The lowest BCUT2D eigenvalue weighted by atomic mass is 9.99. The standard InChI is InChI=1S/C77H150O17P2/c1-9-70(8)56-48-40-32-24-20-21-27-35-44-52-60-77(82)94-73(64-88-75(80)58-50-42-36-28-31-39-47-55-69(6)7)66-92-96(85,86)90-62-71(78)61-89-95(83,84)91-65-72(93-76(81)59-51-43-34-26-19-15-14-17-23-30-38-46-54-68(4)5)63-87-74(79)57-49-41-33-25-18-13-11-10-12-16-22-29-37-45-53-67(2)3/h67-73,78H,9-66H2,1-8H3,(H,83,84)(H,85,86)/t70?,71?,72-,73-/m1/s1. The molecule has 0 aromatic carbocycles. The number of aliphatic hydroxyl groups is 1. The van der Waals surface area contributed by atoms with Crippen molar-refractivity contribution in [3.05, 3.63) is 0 Å². The van der Waals surface area contributed by atoms with Gasteiger partial charge >= 0.3 is 39.5 Å². The quantitative estimate of drug-likeness (QED) is 0.0222. The van der Waals surface area contributed by atoms with Crippen molar-refractivity contribution >= 4 is 39.5 Å². The molecule has 0 saturated carbocycles. The van der Waals surface area contributed by atoms with Gasteiger partial charge in [0, 0.05) is 25.7 Å². The number of carbonyl (C=O) groups is 4. The Labute approximate surface area is 588 Å². The van der Waals surface area contributed by atoms with E-state index in [0.717, 1.165) is 114 Å². The maximum atomic E-state index is 13.1. The Morgan fingerprint density at radius 1 is 0.292 bits per heavy atom. The Kier molecular flexibility index (Phi) is 65.0. The topological polar surface area (TPSA) is 237 Å². The number of rotatable bonds is 74. The predicted octanol–water partition coefficient (Wildman–Crippen LogP) is 22.4. The van der Waals surface area contributed by atoms with E-state index in [0.29, 0.717) is 31.6 Å². The fourth-order valence-electron chi connectivity index (χ4n) is 11.7. The highest BCUT2D eigenvalue weighted by Crippen LogP contribution is 2.45. The largest absolute Gasteiger partial charge is 0.472 e. The molecule has 570 valence electrons. The van der Waals surface area contributed by atoms with Crippen LogP contribution in [0.5, 0.6) is 0 Å². The number of hydrogen-bond acceptors (Lipinski definition) is 15. The predicted molar refractivity (Wildman–Crippen MR) is 391 cm³/mol. The Hall–Kier alpha value is -1.94. The first-order valence-electron chi connectivity index (χ1n) is 39.7. The second kappa shape index (κ2) is 66.3. The Balaban J connectivity index is 5.26. The minimum Gasteiger partial charge on any atom is -0.462 e. The Morgan fingerprint density at radius 2 is 0.500 bits per heavy atom. The van der Waals surface area contributed by atoms with Crippen LogP contribution in [0.3, 0.4) is 0 Å². The first-order chi connectivity index (χ1) is 46.1. The monoisotopic (exact) mass is 1410 g/mol. The number of esters is 4. The molecule has 0 heterocycles. The van der Waals surface area contributed by atoms with Crippen molar-refractivity contribution in [2.45, 2.75) is 408 Å². The summed E-state index contributed by atoms with van der Waals surface area (Å²) in [7, 11) is -9.92. The Bertz CT molecular complexity index is 1890. The summed E-state index contributed by atoms with van der Waals surface area (Å²) < 4.78 is 68.6. The Morgan fingerprint density at radius 3 is 0.740 bits per heavy atom. The van der Waals surface area contributed by atoms with Gasteiger partial charge < -0.3 is 33.8 Å². The molecule has 96 heavy (non-hydrogen) atoms. The summed E-state index contributed by atoms with van der Waals surface area (Å²) in [5.41, 5.74) is 0. The molecule has 19 heteroatoms. The summed E-state index contributed by atoms with van der Waals surface area (Å²) in [5, 5.41) is 10.6. The lowest BCUT2D eigenvalue weighted by Gasteiger charge is -2.21. The molecule has 0 rings (SSSR count). The van der Waals surface area contributed by atoms with Crippen LogP contribution in [0.4, 0.5) is 0 Å². The van der Waals surface area contributed by atoms with Crippen LogP contribution in [0.25, 0.3) is 0 Å². The fraction of sp³-hybridized carbons (Fsp3) is 0.948. The van der Waals surface area contributed by atoms with Crippen molar-refractivity contribution in [2.24, 2.45) is 23.7 Å². The molecule has 0 aliphatic heterocycles. The molecule has 0 aliphatic carbocycles. The van der Waals surface area contributed by atoms with E-state index in [1.165, 1.54) is 186 Å². The van der Waals surface area contributed by atoms with Crippen molar-refractivity contribution < 1.29 is 80.2 Å². The van der Waals surface area contributed by atoms with Gasteiger partial charge in [0.15, 0.2) is 12.2 Å². The average Bonchev–Trinajstić information content (AvgIpc) is 1.19. The summed E-state index contributed by atoms with van der Waals surface area (Å²) in [4.78, 5) is 72.9. The van der Waals surface area contributed by atoms with E-state index in [-0.39, 0.29) is 25.7 Å². The molecular weight excluding hydrogens is 1260 g/mol. The van der Waals surface area contributed by atoms with Crippen molar-refractivity contribution in [1.82, 2.24) is 0 Å². The van der Waals surface area contributed by atoms with Crippen LogP contribution in [0.15, 0.2) is 0 Å². The number of phosphoric acid groups is 2. The first kappa shape index (κ1) is 94.1. The van der Waals surface area contributed by atoms with E-state index >= 15 is 0 Å². The summed E-state index contributed by atoms with van der Waals surface area (Å²) in [6, 6.07) is 0. The first-order valence-corrected chi connectivity index (χ1v) is 42.7. The van der Waals surface area contributed by atoms with E-state index in [9.17, 15) is 43.2 Å². The van der Waals surface area contributed by atoms with Gasteiger partial charge in [-0.1, -0.05) is 338 Å². The smallest absolute Gasteiger partial charge is 0.462 e. The molecule has 0 aromatic heterocycles. The van der Waals surface area contributed by atoms with Crippen molar-refractivity contribution in [2.75, 3.05) is 39.6 Å². The van der Waals surface area contributed by atoms with E-state index in [4.69, 9.17) is 37.0 Å². The van der Waals surface area contributed by atoms with Gasteiger partial charge in [-0.2, -0.15) is 0 Å². The molecule has 0 radical (unpaired) electrons. The zero-order valence-electron chi connectivity index (χ0n) is 63.0. The van der Waals surface area contributed by atoms with Crippen LogP contribution in [-0.2, 0) is 65.4 Å². The third kappa shape index (κ3) is 69.2. The molecular formula is C77H150O17P2. The molecule has 0 bridgehead atoms. The van der Waals surface area contributed by atoms with Gasteiger partial charge in [-0.25, -0.2) is 9.13 Å². The molecule has 0 aliphatic rings. The lowest BCUT2D eigenvalue weighted by molar-refractivity contribution is -0.161. The SMILES string of the molecule is CCC(C)CCCCCCCCCCCCC(=O)O[C@H](COC(=O)CCCCCCCCCC(C)C)COP(=O)(O)OCC(O)COP(=O)(O)OC[C@@H](COC(=O)CCCCCCCCCCCCCCCCC(C)C)OC(=O)CCCCCCCCCCCCCCC(C)C. The highest BCUT2D eigenvalue weighted by molar-refractivity contribution is 7.47. The number of ether oxygens (including phenoxy) is 4. The van der Waals surface area contributed by atoms with Crippen LogP contribution in [0, 0.1) is 23.7 Å². The van der Waals surface area contributed by atoms with Gasteiger partial charge in [0.1, 0.15) is 19.3 Å². The molecule has 0 fully saturated rings. The summed E-state index contributed by atoms with van der Waals surface area (Å²) in [6.07, 6.45) is 51.3. The third-order valence-electron chi connectivity index (χ3n) is 18.2. The van der Waals surface area contributed by atoms with Crippen molar-refractivity contribution in [3.8, 4) is 0 Å². The molecule has 0 spiro atoms. The number of carbonyl (C=O) groups excluding carboxylic acids is 4. The molecule has 0 aromatic rings. The van der Waals surface area contributed by atoms with Crippen LogP contribution in [0.1, 0.15) is 389 Å². The summed E-state index contributed by atoms with van der Waals surface area (Å²) >= 11 is 0. The molecule has 6 atom stereocenters. The maximum absolute atomic E-state index is 13.1. The van der Waals surface area contributed by atoms with Crippen molar-refractivity contribution in [1.29, 1.82) is 0 Å². The van der Waals surface area contributed by atoms with E-state index in [1.54, 1.807) is 0 Å². The highest BCUT2D eigenvalue weighted by Gasteiger charge is 2.30. The minimum atomic E-state index is -4.96. The van der Waals surface area contributed by atoms with E-state index in [1.807, 2.05) is 0 Å². The molecule has 17 nitrogen and oxygen atoms in total. The van der Waals surface area contributed by atoms with E-state index in [2.05, 4.69) is 55.4 Å². The number of unbranched alkanes of at least 4 members (excludes halogenated alkanes) is 39. The zero-order valence-corrected chi connectivity index (χ0v) is 64.8. The van der Waals surface area contributed by atoms with E-state index < -0.39 is 97.5 Å². The van der Waals surface area contributed by atoms with Gasteiger partial charge in [-0.15, -0.1) is 0 Å². The van der Waals surface area contributed by atoms with Crippen LogP contribution in [-0.4, -0.2) is 96.7 Å². The molecule has 0 saturated heterocycles. The second-order valence-corrected chi connectivity index (χ2v) is 32.3. The number of hydrogen-bond donors (Lipinski definition) is 3. The van der Waals surface area contributed by atoms with Gasteiger partial charge in [0.05, 0.1) is 26.4 Å². The van der Waals surface area contributed by atoms with Crippen LogP contribution < -0.4 is 0 Å². The van der Waals surface area contributed by atoms with Gasteiger partial charge in [-0.3, -0.25) is 37.3 Å². The molecule has 3 N–H and O–H groups in total. The average molecular weight is 1410 g/mol. The summed E-state index contributed by atoms with van der Waals surface area (Å²) in [6.45, 7) is 14.2. The minimum absolute atomic E-state index is 0.105. The molecule has 4 unspecified atom stereocenters. The van der Waals surface area contributed by atoms with Gasteiger partial charge in [-0.05, 0) is 49.4 Å². The lowest BCUT2D eigenvalue weighted by Crippen LogP contribution is -2.30. The second-order valence-electron chi connectivity index (χ2n) is 29.4. The number of phosphoric ester groups is 2. The number of aliphatic hydroxyl groups excluding tert-OH is 1. The normalized spacial score (nSPS) is 14.4. The van der Waals surface area contributed by atoms with Gasteiger partial charge in [0.25, 0.3) is 0 Å². The van der Waals surface area contributed by atoms with Crippen LogP contribution in [0.2, 0.25) is 0 Å². The molecule has 0 amide bonds. The van der Waals surface area contributed by atoms with Crippen molar-refractivity contribution in [3.63, 3.8) is 0 Å². The van der Waals surface area contributed by atoms with Crippen LogP contribution >= 0.6 is 15.6 Å². The summed E-state index contributed by atoms with van der Waals surface area (Å²) in [5.74, 6) is 0.964. The maximum Gasteiger partial charge on any atom is 0.472 e. The fourth-order valence-corrected chi connectivity index (χ4v) is 13.3. The van der Waals surface area contributed by atoms with Gasteiger partial charge in [0.2, 0.25) is 0 Å². The zero-order chi connectivity index (χ0) is 71.0. The third-order valence-corrected chi connectivity index (χ3v) is 20.1.